The Labute approximate surface area is 161 Å². The number of carbonyl (C=O) groups is 2. The van der Waals surface area contributed by atoms with Crippen LogP contribution in [0.15, 0.2) is 35.2 Å². The predicted octanol–water partition coefficient (Wildman–Crippen LogP) is 1.01. The van der Waals surface area contributed by atoms with E-state index in [1.165, 1.54) is 4.31 Å². The fourth-order valence-corrected chi connectivity index (χ4v) is 4.27. The lowest BCUT2D eigenvalue weighted by Gasteiger charge is -2.36. The van der Waals surface area contributed by atoms with Crippen LogP contribution in [-0.2, 0) is 14.8 Å². The van der Waals surface area contributed by atoms with Gasteiger partial charge in [-0.1, -0.05) is 18.2 Å². The van der Waals surface area contributed by atoms with Crippen LogP contribution in [0.5, 0.6) is 0 Å². The van der Waals surface area contributed by atoms with Gasteiger partial charge in [0.05, 0.1) is 10.9 Å². The Morgan fingerprint density at radius 1 is 1.04 bits per heavy atom. The quantitative estimate of drug-likeness (QED) is 0.791. The third-order valence-corrected chi connectivity index (χ3v) is 6.22. The number of rotatable bonds is 4. The highest BCUT2D eigenvalue weighted by atomic mass is 32.2. The van der Waals surface area contributed by atoms with Crippen LogP contribution in [0.4, 0.5) is 4.79 Å². The molecule has 9 heteroatoms. The van der Waals surface area contributed by atoms with E-state index in [9.17, 15) is 18.0 Å². The Kier molecular flexibility index (Phi) is 6.61. The van der Waals surface area contributed by atoms with Gasteiger partial charge in [0.25, 0.3) is 0 Å². The van der Waals surface area contributed by atoms with Crippen molar-refractivity contribution in [3.8, 4) is 0 Å². The van der Waals surface area contributed by atoms with Crippen LogP contribution in [-0.4, -0.2) is 67.3 Å². The maximum Gasteiger partial charge on any atom is 0.321 e. The molecule has 2 rings (SSSR count). The minimum absolute atomic E-state index is 0.267. The van der Waals surface area contributed by atoms with Crippen molar-refractivity contribution in [1.29, 1.82) is 0 Å². The molecule has 0 aromatic heterocycles. The van der Waals surface area contributed by atoms with Gasteiger partial charge < -0.3 is 5.32 Å². The molecule has 2 N–H and O–H groups in total. The molecule has 0 unspecified atom stereocenters. The molecule has 1 aromatic carbocycles. The molecule has 1 aliphatic rings. The molecule has 0 radical (unpaired) electrons. The summed E-state index contributed by atoms with van der Waals surface area (Å²) in [6.07, 6.45) is 0. The molecular weight excluding hydrogens is 368 g/mol. The minimum atomic E-state index is -3.53. The van der Waals surface area contributed by atoms with Gasteiger partial charge >= 0.3 is 6.03 Å². The molecule has 0 spiro atoms. The van der Waals surface area contributed by atoms with E-state index in [4.69, 9.17) is 0 Å². The van der Waals surface area contributed by atoms with Gasteiger partial charge in [-0.3, -0.25) is 15.0 Å². The second-order valence-corrected chi connectivity index (χ2v) is 9.56. The smallest absolute Gasteiger partial charge is 0.321 e. The van der Waals surface area contributed by atoms with E-state index in [-0.39, 0.29) is 4.90 Å². The van der Waals surface area contributed by atoms with Gasteiger partial charge in [0.2, 0.25) is 15.9 Å². The lowest BCUT2D eigenvalue weighted by molar-refractivity contribution is -0.125. The highest BCUT2D eigenvalue weighted by molar-refractivity contribution is 7.89. The van der Waals surface area contributed by atoms with Crippen LogP contribution in [0.2, 0.25) is 0 Å². The largest absolute Gasteiger partial charge is 0.333 e. The van der Waals surface area contributed by atoms with E-state index in [2.05, 4.69) is 10.6 Å². The number of piperazine rings is 1. The maximum absolute atomic E-state index is 12.7. The van der Waals surface area contributed by atoms with Gasteiger partial charge in [-0.25, -0.2) is 13.2 Å². The summed E-state index contributed by atoms with van der Waals surface area (Å²) in [6, 6.07) is 7.24. The number of imide groups is 1. The van der Waals surface area contributed by atoms with Crippen LogP contribution in [0.3, 0.4) is 0 Å². The fourth-order valence-electron chi connectivity index (χ4n) is 2.83. The third kappa shape index (κ3) is 5.75. The summed E-state index contributed by atoms with van der Waals surface area (Å²) in [6.45, 7) is 8.61. The second-order valence-electron chi connectivity index (χ2n) is 7.62. The Hall–Kier alpha value is -1.97. The molecule has 0 aliphatic carbocycles. The number of nitrogens with zero attached hydrogens (tertiary/aromatic N) is 2. The average Bonchev–Trinajstić information content (AvgIpc) is 2.60. The molecule has 27 heavy (non-hydrogen) atoms. The van der Waals surface area contributed by atoms with Crippen LogP contribution in [0.25, 0.3) is 0 Å². The summed E-state index contributed by atoms with van der Waals surface area (Å²) >= 11 is 0. The molecule has 1 saturated heterocycles. The molecule has 1 aromatic rings. The van der Waals surface area contributed by atoms with Crippen LogP contribution in [0.1, 0.15) is 27.7 Å². The van der Waals surface area contributed by atoms with Gasteiger partial charge in [0.1, 0.15) is 0 Å². The first-order chi connectivity index (χ1) is 12.5. The van der Waals surface area contributed by atoms with Crippen LogP contribution < -0.4 is 10.6 Å². The Morgan fingerprint density at radius 3 is 2.11 bits per heavy atom. The lowest BCUT2D eigenvalue weighted by Crippen LogP contribution is -2.57. The Balaban J connectivity index is 1.91. The van der Waals surface area contributed by atoms with Crippen LogP contribution >= 0.6 is 0 Å². The second kappa shape index (κ2) is 8.37. The standard InChI is InChI=1S/C18H28N4O4S/c1-14(16(23)19-17(24)20-18(2,3)4)21-10-12-22(13-11-21)27(25,26)15-8-6-5-7-9-15/h5-9,14H,10-13H2,1-4H3,(H2,19,20,23,24)/t14-/m1/s1. The van der Waals surface area contributed by atoms with E-state index in [1.54, 1.807) is 37.3 Å². The van der Waals surface area contributed by atoms with E-state index in [1.807, 2.05) is 25.7 Å². The van der Waals surface area contributed by atoms with E-state index in [0.717, 1.165) is 0 Å². The Morgan fingerprint density at radius 2 is 1.59 bits per heavy atom. The van der Waals surface area contributed by atoms with Crippen molar-refractivity contribution < 1.29 is 18.0 Å². The van der Waals surface area contributed by atoms with E-state index >= 15 is 0 Å². The van der Waals surface area contributed by atoms with Crippen molar-refractivity contribution >= 4 is 22.0 Å². The average molecular weight is 397 g/mol. The molecule has 150 valence electrons. The highest BCUT2D eigenvalue weighted by Crippen LogP contribution is 2.18. The first kappa shape index (κ1) is 21.3. The lowest BCUT2D eigenvalue weighted by atomic mass is 10.1. The number of hydrogen-bond acceptors (Lipinski definition) is 5. The summed E-state index contributed by atoms with van der Waals surface area (Å²) in [5.41, 5.74) is -0.439. The summed E-state index contributed by atoms with van der Waals surface area (Å²) < 4.78 is 26.7. The first-order valence-corrected chi connectivity index (χ1v) is 10.4. The summed E-state index contributed by atoms with van der Waals surface area (Å²) in [4.78, 5) is 26.3. The molecule has 1 aliphatic heterocycles. The highest BCUT2D eigenvalue weighted by Gasteiger charge is 2.32. The topological polar surface area (TPSA) is 98.8 Å². The molecule has 1 fully saturated rings. The van der Waals surface area contributed by atoms with Gasteiger partial charge in [-0.2, -0.15) is 4.31 Å². The van der Waals surface area contributed by atoms with E-state index < -0.39 is 33.5 Å². The number of amides is 3. The van der Waals surface area contributed by atoms with Crippen molar-refractivity contribution in [1.82, 2.24) is 19.8 Å². The Bertz CT molecular complexity index is 766. The van der Waals surface area contributed by atoms with Crippen molar-refractivity contribution in [2.45, 2.75) is 44.2 Å². The van der Waals surface area contributed by atoms with Crippen molar-refractivity contribution in [2.24, 2.45) is 0 Å². The van der Waals surface area contributed by atoms with Crippen LogP contribution in [0, 0.1) is 0 Å². The van der Waals surface area contributed by atoms with Crippen molar-refractivity contribution in [2.75, 3.05) is 26.2 Å². The monoisotopic (exact) mass is 396 g/mol. The number of urea groups is 1. The van der Waals surface area contributed by atoms with Gasteiger partial charge in [0.15, 0.2) is 0 Å². The molecule has 0 bridgehead atoms. The number of hydrogen-bond donors (Lipinski definition) is 2. The number of nitrogens with one attached hydrogen (secondary N) is 2. The third-order valence-electron chi connectivity index (χ3n) is 4.31. The molecule has 8 nitrogen and oxygen atoms in total. The minimum Gasteiger partial charge on any atom is -0.333 e. The fraction of sp³-hybridized carbons (Fsp3) is 0.556. The summed E-state index contributed by atoms with van der Waals surface area (Å²) in [5.74, 6) is -0.406. The number of benzene rings is 1. The van der Waals surface area contributed by atoms with Crippen molar-refractivity contribution in [3.05, 3.63) is 30.3 Å². The van der Waals surface area contributed by atoms with Gasteiger partial charge in [-0.05, 0) is 39.8 Å². The predicted molar refractivity (Wildman–Crippen MR) is 103 cm³/mol. The zero-order valence-electron chi connectivity index (χ0n) is 16.2. The maximum atomic E-state index is 12.7. The molecule has 1 atom stereocenters. The van der Waals surface area contributed by atoms with Gasteiger partial charge in [0, 0.05) is 31.7 Å². The molecule has 3 amide bonds. The van der Waals surface area contributed by atoms with Gasteiger partial charge in [-0.15, -0.1) is 0 Å². The summed E-state index contributed by atoms with van der Waals surface area (Å²) in [5, 5.41) is 5.01. The van der Waals surface area contributed by atoms with E-state index in [0.29, 0.717) is 26.2 Å². The van der Waals surface area contributed by atoms with Crippen molar-refractivity contribution in [3.63, 3.8) is 0 Å². The zero-order valence-corrected chi connectivity index (χ0v) is 17.0. The SMILES string of the molecule is C[C@H](C(=O)NC(=O)NC(C)(C)C)N1CCN(S(=O)(=O)c2ccccc2)CC1. The number of carbonyl (C=O) groups excluding carboxylic acids is 2. The zero-order chi connectivity index (χ0) is 20.2. The number of sulfonamides is 1. The molecule has 1 heterocycles. The summed E-state index contributed by atoms with van der Waals surface area (Å²) in [7, 11) is -3.53. The molecular formula is C18H28N4O4S. The molecule has 0 saturated carbocycles. The normalized spacial score (nSPS) is 17.9. The first-order valence-electron chi connectivity index (χ1n) is 8.93.